The number of aryl methyl sites for hydroxylation is 1. The smallest absolute Gasteiger partial charge is 0.354 e. The summed E-state index contributed by atoms with van der Waals surface area (Å²) in [5.41, 5.74) is -0.501. The predicted octanol–water partition coefficient (Wildman–Crippen LogP) is 1.82. The molecule has 1 aromatic carbocycles. The van der Waals surface area contributed by atoms with Gasteiger partial charge in [0.25, 0.3) is 5.91 Å². The van der Waals surface area contributed by atoms with Crippen molar-refractivity contribution in [2.45, 2.75) is 39.2 Å². The van der Waals surface area contributed by atoms with Gasteiger partial charge in [-0.25, -0.2) is 14.7 Å². The first kappa shape index (κ1) is 19.0. The van der Waals surface area contributed by atoms with Gasteiger partial charge in [0.1, 0.15) is 5.71 Å². The Morgan fingerprint density at radius 1 is 1.30 bits per heavy atom. The second-order valence-corrected chi connectivity index (χ2v) is 6.86. The average Bonchev–Trinajstić information content (AvgIpc) is 3.10. The molecule has 1 atom stereocenters. The van der Waals surface area contributed by atoms with Crippen LogP contribution in [0, 0.1) is 6.92 Å². The maximum atomic E-state index is 13.2. The third kappa shape index (κ3) is 2.99. The molecule has 0 bridgehead atoms. The Kier molecular flexibility index (Phi) is 4.77. The minimum absolute atomic E-state index is 0.0583. The molecule has 0 N–H and O–H groups in total. The minimum atomic E-state index is -1.55. The summed E-state index contributed by atoms with van der Waals surface area (Å²) in [6.45, 7) is 4.79. The zero-order valence-electron chi connectivity index (χ0n) is 15.1. The molecule has 1 spiro atoms. The van der Waals surface area contributed by atoms with Gasteiger partial charge in [0.15, 0.2) is 5.54 Å². The van der Waals surface area contributed by atoms with E-state index in [1.165, 1.54) is 13.0 Å². The molecule has 0 radical (unpaired) electrons. The lowest BCUT2D eigenvalue weighted by Gasteiger charge is -2.29. The number of anilines is 1. The molecule has 2 aliphatic rings. The molecule has 27 heavy (non-hydrogen) atoms. The molecule has 142 valence electrons. The molecule has 3 rings (SSSR count). The number of carbonyl (C=O) groups excluding carboxylic acids is 4. The van der Waals surface area contributed by atoms with Crippen molar-refractivity contribution in [3.63, 3.8) is 0 Å². The Bertz CT molecular complexity index is 897. The Balaban J connectivity index is 2.00. The second kappa shape index (κ2) is 6.77. The van der Waals surface area contributed by atoms with Crippen LogP contribution in [0.3, 0.4) is 0 Å². The summed E-state index contributed by atoms with van der Waals surface area (Å²) in [7, 11) is 0. The Morgan fingerprint density at radius 3 is 2.59 bits per heavy atom. The number of benzene rings is 1. The maximum Gasteiger partial charge on any atom is 0.354 e. The maximum absolute atomic E-state index is 13.2. The number of nitrogens with zero attached hydrogens (tertiary/aromatic N) is 3. The number of carbonyl (C=O) groups is 4. The molecule has 1 aromatic rings. The van der Waals surface area contributed by atoms with Crippen molar-refractivity contribution in [2.75, 3.05) is 11.5 Å². The number of rotatable bonds is 3. The molecule has 2 heterocycles. The minimum Gasteiger partial charge on any atom is -0.461 e. The fraction of sp³-hybridized carbons (Fsp3) is 0.389. The highest BCUT2D eigenvalue weighted by molar-refractivity contribution is 6.39. The van der Waals surface area contributed by atoms with Gasteiger partial charge in [0, 0.05) is 18.4 Å². The van der Waals surface area contributed by atoms with Crippen molar-refractivity contribution in [3.05, 3.63) is 28.8 Å². The monoisotopic (exact) mass is 391 g/mol. The van der Waals surface area contributed by atoms with Crippen molar-refractivity contribution in [3.8, 4) is 0 Å². The van der Waals surface area contributed by atoms with E-state index >= 15 is 0 Å². The summed E-state index contributed by atoms with van der Waals surface area (Å²) in [6, 6.07) is 4.82. The molecular formula is C18H18ClN3O5. The highest BCUT2D eigenvalue weighted by Crippen LogP contribution is 2.41. The van der Waals surface area contributed by atoms with E-state index in [-0.39, 0.29) is 25.2 Å². The highest BCUT2D eigenvalue weighted by Gasteiger charge is 2.61. The van der Waals surface area contributed by atoms with Crippen molar-refractivity contribution in [2.24, 2.45) is 5.10 Å². The molecule has 0 unspecified atom stereocenters. The van der Waals surface area contributed by atoms with Gasteiger partial charge in [-0.3, -0.25) is 14.4 Å². The molecule has 1 saturated heterocycles. The second-order valence-electron chi connectivity index (χ2n) is 6.45. The van der Waals surface area contributed by atoms with E-state index in [1.54, 1.807) is 26.0 Å². The van der Waals surface area contributed by atoms with Crippen LogP contribution in [-0.4, -0.2) is 46.6 Å². The van der Waals surface area contributed by atoms with Crippen molar-refractivity contribution in [1.29, 1.82) is 0 Å². The van der Waals surface area contributed by atoms with E-state index in [4.69, 9.17) is 16.3 Å². The van der Waals surface area contributed by atoms with Gasteiger partial charge in [0.2, 0.25) is 11.8 Å². The summed E-state index contributed by atoms with van der Waals surface area (Å²) in [6.07, 6.45) is -0.449. The van der Waals surface area contributed by atoms with Crippen LogP contribution in [-0.2, 0) is 23.9 Å². The van der Waals surface area contributed by atoms with E-state index in [0.29, 0.717) is 10.7 Å². The Hall–Kier alpha value is -2.74. The summed E-state index contributed by atoms with van der Waals surface area (Å²) in [5, 5.41) is 5.32. The average molecular weight is 392 g/mol. The quantitative estimate of drug-likeness (QED) is 0.578. The topological polar surface area (TPSA) is 96.3 Å². The number of esters is 1. The molecule has 8 nitrogen and oxygen atoms in total. The third-order valence-electron chi connectivity index (χ3n) is 4.60. The Morgan fingerprint density at radius 2 is 2.00 bits per heavy atom. The van der Waals surface area contributed by atoms with Gasteiger partial charge < -0.3 is 4.74 Å². The number of imide groups is 1. The van der Waals surface area contributed by atoms with Crippen LogP contribution in [0.2, 0.25) is 5.02 Å². The molecule has 3 amide bonds. The first-order valence-corrected chi connectivity index (χ1v) is 8.78. The molecule has 9 heteroatoms. The number of hydrogen-bond donors (Lipinski definition) is 0. The van der Waals surface area contributed by atoms with Crippen LogP contribution >= 0.6 is 11.6 Å². The van der Waals surface area contributed by atoms with Crippen LogP contribution in [0.1, 0.15) is 32.3 Å². The number of hydrazone groups is 1. The largest absolute Gasteiger partial charge is 0.461 e. The zero-order chi connectivity index (χ0) is 19.9. The SMILES string of the molecule is CCOC(=O)C1=NN(C(C)=O)[C@@]2(CC(=O)N(c3ccc(C)c(Cl)c3)C2=O)C1. The van der Waals surface area contributed by atoms with Gasteiger partial charge in [-0.1, -0.05) is 17.7 Å². The molecule has 0 aromatic heterocycles. The Labute approximate surface area is 160 Å². The first-order chi connectivity index (χ1) is 12.7. The van der Waals surface area contributed by atoms with Gasteiger partial charge >= 0.3 is 5.97 Å². The molecule has 1 fully saturated rings. The number of ether oxygens (including phenoxy) is 1. The van der Waals surface area contributed by atoms with Crippen molar-refractivity contribution >= 4 is 46.7 Å². The van der Waals surface area contributed by atoms with E-state index in [1.807, 2.05) is 0 Å². The van der Waals surface area contributed by atoms with Crippen molar-refractivity contribution in [1.82, 2.24) is 5.01 Å². The molecule has 2 aliphatic heterocycles. The lowest BCUT2D eigenvalue weighted by Crippen LogP contribution is -2.51. The zero-order valence-corrected chi connectivity index (χ0v) is 15.9. The standard InChI is InChI=1S/C18H18ClN3O5/c1-4-27-16(25)14-8-18(22(20-14)11(3)23)9-15(24)21(17(18)26)12-6-5-10(2)13(19)7-12/h5-7H,4,8-9H2,1-3H3/t18-/m1/s1. The number of halogens is 1. The predicted molar refractivity (Wildman–Crippen MR) is 97.2 cm³/mol. The fourth-order valence-corrected chi connectivity index (χ4v) is 3.49. The van der Waals surface area contributed by atoms with Crippen LogP contribution in [0.25, 0.3) is 0 Å². The molecule has 0 saturated carbocycles. The van der Waals surface area contributed by atoms with E-state index < -0.39 is 29.2 Å². The number of hydrogen-bond acceptors (Lipinski definition) is 6. The summed E-state index contributed by atoms with van der Waals surface area (Å²) in [5.74, 6) is -2.37. The number of amides is 3. The highest BCUT2D eigenvalue weighted by atomic mass is 35.5. The van der Waals surface area contributed by atoms with Crippen LogP contribution < -0.4 is 4.90 Å². The van der Waals surface area contributed by atoms with E-state index in [2.05, 4.69) is 5.10 Å². The third-order valence-corrected chi connectivity index (χ3v) is 5.01. The molecular weight excluding hydrogens is 374 g/mol. The van der Waals surface area contributed by atoms with E-state index in [9.17, 15) is 19.2 Å². The van der Waals surface area contributed by atoms with Crippen LogP contribution in [0.15, 0.2) is 23.3 Å². The fourth-order valence-electron chi connectivity index (χ4n) is 3.31. The van der Waals surface area contributed by atoms with Gasteiger partial charge in [-0.15, -0.1) is 0 Å². The van der Waals surface area contributed by atoms with Crippen LogP contribution in [0.4, 0.5) is 5.69 Å². The first-order valence-electron chi connectivity index (χ1n) is 8.40. The van der Waals surface area contributed by atoms with Crippen molar-refractivity contribution < 1.29 is 23.9 Å². The normalized spacial score (nSPS) is 21.9. The van der Waals surface area contributed by atoms with Crippen LogP contribution in [0.5, 0.6) is 0 Å². The van der Waals surface area contributed by atoms with Gasteiger partial charge in [0.05, 0.1) is 18.7 Å². The lowest BCUT2D eigenvalue weighted by molar-refractivity contribution is -0.141. The van der Waals surface area contributed by atoms with E-state index in [0.717, 1.165) is 15.5 Å². The lowest BCUT2D eigenvalue weighted by atomic mass is 9.91. The summed E-state index contributed by atoms with van der Waals surface area (Å²) >= 11 is 6.12. The van der Waals surface area contributed by atoms with Gasteiger partial charge in [-0.05, 0) is 31.5 Å². The summed E-state index contributed by atoms with van der Waals surface area (Å²) in [4.78, 5) is 51.0. The van der Waals surface area contributed by atoms with Gasteiger partial charge in [-0.2, -0.15) is 5.10 Å². The molecule has 0 aliphatic carbocycles. The summed E-state index contributed by atoms with van der Waals surface area (Å²) < 4.78 is 4.92.